The molecular weight excluding hydrogens is 200 g/mol. The average Bonchev–Trinajstić information content (AvgIpc) is 3.09. The van der Waals surface area contributed by atoms with Crippen LogP contribution in [0, 0.1) is 11.8 Å². The summed E-state index contributed by atoms with van der Waals surface area (Å²) in [5, 5.41) is 10.7. The average molecular weight is 218 g/mol. The van der Waals surface area contributed by atoms with Gasteiger partial charge in [0.05, 0.1) is 5.60 Å². The van der Waals surface area contributed by atoms with E-state index < -0.39 is 5.60 Å². The van der Waals surface area contributed by atoms with Gasteiger partial charge in [0.25, 0.3) is 0 Å². The molecule has 1 aromatic rings. The van der Waals surface area contributed by atoms with Crippen LogP contribution in [-0.4, -0.2) is 28.8 Å². The summed E-state index contributed by atoms with van der Waals surface area (Å²) < 4.78 is 0. The fraction of sp³-hybridized carbons (Fsp3) is 0.615. The van der Waals surface area contributed by atoms with E-state index in [2.05, 4.69) is 16.8 Å². The minimum Gasteiger partial charge on any atom is -0.387 e. The van der Waals surface area contributed by atoms with Crippen molar-refractivity contribution < 1.29 is 5.11 Å². The van der Waals surface area contributed by atoms with E-state index in [4.69, 9.17) is 0 Å². The summed E-state index contributed by atoms with van der Waals surface area (Å²) in [6, 6.07) is 4.04. The molecule has 2 atom stereocenters. The molecule has 86 valence electrons. The lowest BCUT2D eigenvalue weighted by Gasteiger charge is -2.26. The molecule has 0 unspecified atom stereocenters. The number of rotatable bonds is 2. The summed E-state index contributed by atoms with van der Waals surface area (Å²) in [4.78, 5) is 6.31. The van der Waals surface area contributed by atoms with Gasteiger partial charge >= 0.3 is 0 Å². The number of hydrogen-bond acceptors (Lipinski definition) is 3. The number of pyridine rings is 1. The molecule has 1 aliphatic heterocycles. The second kappa shape index (κ2) is 3.45. The van der Waals surface area contributed by atoms with E-state index in [0.717, 1.165) is 13.1 Å². The Morgan fingerprint density at radius 3 is 2.69 bits per heavy atom. The van der Waals surface area contributed by atoms with Gasteiger partial charge in [-0.25, -0.2) is 0 Å². The van der Waals surface area contributed by atoms with E-state index >= 15 is 0 Å². The van der Waals surface area contributed by atoms with Crippen LogP contribution in [0.25, 0.3) is 0 Å². The maximum Gasteiger partial charge on any atom is 0.0891 e. The van der Waals surface area contributed by atoms with Gasteiger partial charge in [-0.05, 0) is 30.9 Å². The van der Waals surface area contributed by atoms with Crippen LogP contribution in [0.3, 0.4) is 0 Å². The molecule has 2 heterocycles. The first-order chi connectivity index (χ1) is 7.70. The Hall–Kier alpha value is -1.09. The van der Waals surface area contributed by atoms with E-state index in [-0.39, 0.29) is 0 Å². The van der Waals surface area contributed by atoms with Gasteiger partial charge < -0.3 is 10.0 Å². The number of aromatic nitrogens is 1. The molecule has 3 rings (SSSR count). The SMILES string of the molecule is C[C@@H]1CN(c2ccncc2)C[C@@]1(O)C1CC1. The summed E-state index contributed by atoms with van der Waals surface area (Å²) in [5.74, 6) is 0.905. The molecule has 1 saturated carbocycles. The lowest BCUT2D eigenvalue weighted by atomic mass is 9.88. The molecule has 0 amide bonds. The molecule has 2 aliphatic rings. The van der Waals surface area contributed by atoms with Crippen molar-refractivity contribution in [2.24, 2.45) is 11.8 Å². The summed E-state index contributed by atoms with van der Waals surface area (Å²) in [6.45, 7) is 3.90. The van der Waals surface area contributed by atoms with Crippen LogP contribution in [0.2, 0.25) is 0 Å². The molecule has 1 N–H and O–H groups in total. The van der Waals surface area contributed by atoms with Crippen molar-refractivity contribution in [1.82, 2.24) is 4.98 Å². The van der Waals surface area contributed by atoms with Crippen molar-refractivity contribution in [1.29, 1.82) is 0 Å². The van der Waals surface area contributed by atoms with E-state index in [0.29, 0.717) is 11.8 Å². The zero-order chi connectivity index (χ0) is 11.2. The third kappa shape index (κ3) is 1.50. The van der Waals surface area contributed by atoms with E-state index in [1.165, 1.54) is 18.5 Å². The number of nitrogens with zero attached hydrogens (tertiary/aromatic N) is 2. The van der Waals surface area contributed by atoms with E-state index in [9.17, 15) is 5.11 Å². The summed E-state index contributed by atoms with van der Waals surface area (Å²) in [5.41, 5.74) is 0.724. The zero-order valence-corrected chi connectivity index (χ0v) is 9.63. The molecule has 1 aliphatic carbocycles. The second-order valence-corrected chi connectivity index (χ2v) is 5.25. The molecule has 2 fully saturated rings. The molecule has 0 spiro atoms. The summed E-state index contributed by atoms with van der Waals surface area (Å²) in [7, 11) is 0. The molecule has 3 heteroatoms. The number of aliphatic hydroxyl groups is 1. The normalized spacial score (nSPS) is 34.4. The lowest BCUT2D eigenvalue weighted by Crippen LogP contribution is -2.39. The van der Waals surface area contributed by atoms with Crippen LogP contribution in [0.1, 0.15) is 19.8 Å². The monoisotopic (exact) mass is 218 g/mol. The molecule has 16 heavy (non-hydrogen) atoms. The third-order valence-corrected chi connectivity index (χ3v) is 4.10. The van der Waals surface area contributed by atoms with Gasteiger partial charge in [-0.2, -0.15) is 0 Å². The maximum atomic E-state index is 10.7. The topological polar surface area (TPSA) is 36.4 Å². The Kier molecular flexibility index (Phi) is 2.18. The first-order valence-corrected chi connectivity index (χ1v) is 6.07. The van der Waals surface area contributed by atoms with Gasteiger partial charge in [0.1, 0.15) is 0 Å². The van der Waals surface area contributed by atoms with Gasteiger partial charge in [-0.1, -0.05) is 6.92 Å². The van der Waals surface area contributed by atoms with Gasteiger partial charge in [-0.3, -0.25) is 4.98 Å². The van der Waals surface area contributed by atoms with Crippen LogP contribution in [0.15, 0.2) is 24.5 Å². The Labute approximate surface area is 96.1 Å². The minimum atomic E-state index is -0.455. The van der Waals surface area contributed by atoms with Gasteiger partial charge in [0, 0.05) is 37.1 Å². The highest BCUT2D eigenvalue weighted by Crippen LogP contribution is 2.47. The largest absolute Gasteiger partial charge is 0.387 e. The van der Waals surface area contributed by atoms with Gasteiger partial charge in [-0.15, -0.1) is 0 Å². The highest BCUT2D eigenvalue weighted by atomic mass is 16.3. The Morgan fingerprint density at radius 2 is 2.06 bits per heavy atom. The predicted molar refractivity (Wildman–Crippen MR) is 63.3 cm³/mol. The Bertz CT molecular complexity index is 377. The predicted octanol–water partition coefficient (Wildman–Crippen LogP) is 1.68. The molecule has 1 aromatic heterocycles. The highest BCUT2D eigenvalue weighted by Gasteiger charge is 2.52. The molecule has 0 aromatic carbocycles. The molecule has 1 saturated heterocycles. The molecule has 0 bridgehead atoms. The van der Waals surface area contributed by atoms with Crippen LogP contribution in [0.5, 0.6) is 0 Å². The first-order valence-electron chi connectivity index (χ1n) is 6.07. The maximum absolute atomic E-state index is 10.7. The zero-order valence-electron chi connectivity index (χ0n) is 9.63. The second-order valence-electron chi connectivity index (χ2n) is 5.25. The van der Waals surface area contributed by atoms with Crippen LogP contribution >= 0.6 is 0 Å². The van der Waals surface area contributed by atoms with E-state index in [1.807, 2.05) is 24.5 Å². The first kappa shape index (κ1) is 10.1. The fourth-order valence-electron chi connectivity index (χ4n) is 2.88. The van der Waals surface area contributed by atoms with Crippen molar-refractivity contribution in [3.05, 3.63) is 24.5 Å². The molecular formula is C13H18N2O. The van der Waals surface area contributed by atoms with Crippen molar-refractivity contribution >= 4 is 5.69 Å². The number of anilines is 1. The lowest BCUT2D eigenvalue weighted by molar-refractivity contribution is 0.00283. The van der Waals surface area contributed by atoms with Crippen LogP contribution in [0.4, 0.5) is 5.69 Å². The highest BCUT2D eigenvalue weighted by molar-refractivity contribution is 5.47. The summed E-state index contributed by atoms with van der Waals surface area (Å²) >= 11 is 0. The van der Waals surface area contributed by atoms with Gasteiger partial charge in [0.2, 0.25) is 0 Å². The Balaban J connectivity index is 1.81. The summed E-state index contributed by atoms with van der Waals surface area (Å²) in [6.07, 6.45) is 6.03. The van der Waals surface area contributed by atoms with Crippen LogP contribution in [-0.2, 0) is 0 Å². The minimum absolute atomic E-state index is 0.369. The quantitative estimate of drug-likeness (QED) is 0.820. The van der Waals surface area contributed by atoms with E-state index in [1.54, 1.807) is 0 Å². The van der Waals surface area contributed by atoms with Crippen molar-refractivity contribution in [2.75, 3.05) is 18.0 Å². The number of β-amino-alcohol motifs (C(OH)–C–C–N with tert-alkyl or cyclic N) is 1. The van der Waals surface area contributed by atoms with Crippen molar-refractivity contribution in [2.45, 2.75) is 25.4 Å². The molecule has 0 radical (unpaired) electrons. The third-order valence-electron chi connectivity index (χ3n) is 4.10. The van der Waals surface area contributed by atoms with Gasteiger partial charge in [0.15, 0.2) is 0 Å². The van der Waals surface area contributed by atoms with Crippen molar-refractivity contribution in [3.8, 4) is 0 Å². The fourth-order valence-corrected chi connectivity index (χ4v) is 2.88. The standard InChI is InChI=1S/C13H18N2O/c1-10-8-15(12-4-6-14-7-5-12)9-13(10,16)11-2-3-11/h4-7,10-11,16H,2-3,8-9H2,1H3/t10-,13+/m1/s1. The Morgan fingerprint density at radius 1 is 1.38 bits per heavy atom. The van der Waals surface area contributed by atoms with Crippen LogP contribution < -0.4 is 4.90 Å². The van der Waals surface area contributed by atoms with Crippen molar-refractivity contribution in [3.63, 3.8) is 0 Å². The smallest absolute Gasteiger partial charge is 0.0891 e. The molecule has 3 nitrogen and oxygen atoms in total. The number of hydrogen-bond donors (Lipinski definition) is 1.